The molecule has 30 heavy (non-hydrogen) atoms. The van der Waals surface area contributed by atoms with Crippen molar-refractivity contribution < 1.29 is 23.9 Å². The van der Waals surface area contributed by atoms with E-state index in [1.807, 2.05) is 24.3 Å². The number of carbonyl (C=O) groups is 3. The number of hydrogen-bond donors (Lipinski definition) is 2. The fourth-order valence-electron chi connectivity index (χ4n) is 3.23. The number of nitrogens with one attached hydrogen (secondary N) is 1. The molecular formula is C22H25N3O5. The molecule has 0 unspecified atom stereocenters. The third-order valence-corrected chi connectivity index (χ3v) is 4.73. The lowest BCUT2D eigenvalue weighted by molar-refractivity contribution is -0.149. The van der Waals surface area contributed by atoms with Crippen molar-refractivity contribution in [3.63, 3.8) is 0 Å². The summed E-state index contributed by atoms with van der Waals surface area (Å²) in [5, 5.41) is 2.69. The van der Waals surface area contributed by atoms with Crippen molar-refractivity contribution in [3.8, 4) is 5.75 Å². The zero-order valence-corrected chi connectivity index (χ0v) is 16.6. The number of hydrogen-bond acceptors (Lipinski definition) is 6. The second-order valence-corrected chi connectivity index (χ2v) is 6.95. The molecule has 2 aromatic rings. The maximum atomic E-state index is 12.0. The van der Waals surface area contributed by atoms with Crippen molar-refractivity contribution in [1.82, 2.24) is 0 Å². The molecule has 1 heterocycles. The van der Waals surface area contributed by atoms with Gasteiger partial charge in [-0.2, -0.15) is 0 Å². The van der Waals surface area contributed by atoms with E-state index in [9.17, 15) is 14.4 Å². The van der Waals surface area contributed by atoms with Gasteiger partial charge in [-0.15, -0.1) is 0 Å². The van der Waals surface area contributed by atoms with Crippen LogP contribution in [-0.4, -0.2) is 44.1 Å². The molecule has 1 aliphatic heterocycles. The molecule has 0 bridgehead atoms. The molecule has 158 valence electrons. The van der Waals surface area contributed by atoms with Crippen molar-refractivity contribution >= 4 is 29.2 Å². The van der Waals surface area contributed by atoms with Crippen LogP contribution in [0.5, 0.6) is 5.75 Å². The van der Waals surface area contributed by atoms with Crippen molar-refractivity contribution in [1.29, 1.82) is 0 Å². The molecule has 1 aliphatic rings. The number of para-hydroxylation sites is 1. The van der Waals surface area contributed by atoms with E-state index in [4.69, 9.17) is 15.2 Å². The van der Waals surface area contributed by atoms with Crippen LogP contribution < -0.4 is 20.7 Å². The second kappa shape index (κ2) is 10.3. The number of esters is 1. The fourth-order valence-corrected chi connectivity index (χ4v) is 3.23. The van der Waals surface area contributed by atoms with Crippen LogP contribution in [0.4, 0.5) is 11.4 Å². The van der Waals surface area contributed by atoms with Gasteiger partial charge in [0.1, 0.15) is 5.75 Å². The van der Waals surface area contributed by atoms with Crippen LogP contribution in [0.15, 0.2) is 48.5 Å². The fraction of sp³-hybridized carbons (Fsp3) is 0.318. The van der Waals surface area contributed by atoms with Crippen molar-refractivity contribution in [2.75, 3.05) is 36.5 Å². The molecule has 2 amide bonds. The Labute approximate surface area is 174 Å². The second-order valence-electron chi connectivity index (χ2n) is 6.95. The summed E-state index contributed by atoms with van der Waals surface area (Å²) in [5.41, 5.74) is 7.18. The van der Waals surface area contributed by atoms with E-state index in [1.54, 1.807) is 12.1 Å². The largest absolute Gasteiger partial charge is 0.481 e. The maximum absolute atomic E-state index is 12.0. The number of primary amides is 1. The molecule has 0 aliphatic carbocycles. The third kappa shape index (κ3) is 5.97. The lowest BCUT2D eigenvalue weighted by Gasteiger charge is -2.28. The number of rotatable bonds is 8. The summed E-state index contributed by atoms with van der Waals surface area (Å²) in [7, 11) is 0. The molecule has 0 aromatic heterocycles. The normalized spacial score (nSPS) is 13.4. The van der Waals surface area contributed by atoms with Crippen molar-refractivity contribution in [2.45, 2.75) is 19.3 Å². The number of nitrogens with two attached hydrogens (primary N) is 1. The van der Waals surface area contributed by atoms with Gasteiger partial charge in [-0.25, -0.2) is 4.79 Å². The van der Waals surface area contributed by atoms with Gasteiger partial charge in [0.25, 0.3) is 11.8 Å². The summed E-state index contributed by atoms with van der Waals surface area (Å²) in [6, 6.07) is 13.9. The van der Waals surface area contributed by atoms with Crippen LogP contribution in [0.1, 0.15) is 29.6 Å². The van der Waals surface area contributed by atoms with Gasteiger partial charge in [-0.1, -0.05) is 12.1 Å². The Kier molecular flexibility index (Phi) is 7.26. The van der Waals surface area contributed by atoms with Crippen molar-refractivity contribution in [3.05, 3.63) is 54.1 Å². The number of piperidine rings is 1. The van der Waals surface area contributed by atoms with Crippen LogP contribution in [0, 0.1) is 0 Å². The summed E-state index contributed by atoms with van der Waals surface area (Å²) in [5.74, 6) is -1.67. The lowest BCUT2D eigenvalue weighted by atomic mass is 10.1. The van der Waals surface area contributed by atoms with Crippen LogP contribution in [0.2, 0.25) is 0 Å². The first-order chi connectivity index (χ1) is 14.5. The summed E-state index contributed by atoms with van der Waals surface area (Å²) in [4.78, 5) is 37.5. The van der Waals surface area contributed by atoms with E-state index in [0.29, 0.717) is 5.69 Å². The SMILES string of the molecule is NC(=O)c1ccccc1OCC(=O)OCC(=O)Nc1ccc(N2CCCCC2)cc1. The first-order valence-electron chi connectivity index (χ1n) is 9.85. The van der Waals surface area contributed by atoms with Gasteiger partial charge in [0.05, 0.1) is 5.56 Å². The minimum Gasteiger partial charge on any atom is -0.481 e. The Morgan fingerprint density at radius 2 is 1.63 bits per heavy atom. The number of ether oxygens (including phenoxy) is 2. The Bertz CT molecular complexity index is 892. The van der Waals surface area contributed by atoms with Gasteiger partial charge in [-0.05, 0) is 55.7 Å². The van der Waals surface area contributed by atoms with Crippen LogP contribution in [0.3, 0.4) is 0 Å². The molecule has 3 rings (SSSR count). The molecule has 0 saturated carbocycles. The van der Waals surface area contributed by atoms with E-state index >= 15 is 0 Å². The van der Waals surface area contributed by atoms with E-state index in [1.165, 1.54) is 31.4 Å². The third-order valence-electron chi connectivity index (χ3n) is 4.73. The molecule has 2 aromatic carbocycles. The molecule has 1 saturated heterocycles. The average molecular weight is 411 g/mol. The van der Waals surface area contributed by atoms with Gasteiger partial charge in [0, 0.05) is 24.5 Å². The van der Waals surface area contributed by atoms with Gasteiger partial charge < -0.3 is 25.4 Å². The highest BCUT2D eigenvalue weighted by molar-refractivity contribution is 5.95. The minimum atomic E-state index is -0.732. The number of benzene rings is 2. The maximum Gasteiger partial charge on any atom is 0.344 e. The Hall–Kier alpha value is -3.55. The monoisotopic (exact) mass is 411 g/mol. The van der Waals surface area contributed by atoms with E-state index < -0.39 is 31.0 Å². The standard InChI is InChI=1S/C22H25N3O5/c23-22(28)18-6-2-3-7-19(18)29-15-21(27)30-14-20(26)24-16-8-10-17(11-9-16)25-12-4-1-5-13-25/h2-3,6-11H,1,4-5,12-15H2,(H2,23,28)(H,24,26). The van der Waals surface area contributed by atoms with E-state index in [-0.39, 0.29) is 11.3 Å². The number of carbonyl (C=O) groups excluding carboxylic acids is 3. The van der Waals surface area contributed by atoms with Crippen LogP contribution >= 0.6 is 0 Å². The smallest absolute Gasteiger partial charge is 0.344 e. The highest BCUT2D eigenvalue weighted by Gasteiger charge is 2.13. The van der Waals surface area contributed by atoms with Crippen LogP contribution in [-0.2, 0) is 14.3 Å². The van der Waals surface area contributed by atoms with Crippen molar-refractivity contribution in [2.24, 2.45) is 5.73 Å². The predicted molar refractivity (Wildman–Crippen MR) is 113 cm³/mol. The van der Waals surface area contributed by atoms with E-state index in [0.717, 1.165) is 18.8 Å². The molecule has 3 N–H and O–H groups in total. The highest BCUT2D eigenvalue weighted by Crippen LogP contribution is 2.22. The zero-order chi connectivity index (χ0) is 21.3. The molecule has 0 radical (unpaired) electrons. The van der Waals surface area contributed by atoms with Gasteiger partial charge in [0.15, 0.2) is 13.2 Å². The Balaban J connectivity index is 1.42. The topological polar surface area (TPSA) is 111 Å². The van der Waals surface area contributed by atoms with E-state index in [2.05, 4.69) is 10.2 Å². The minimum absolute atomic E-state index is 0.163. The molecular weight excluding hydrogens is 386 g/mol. The number of anilines is 2. The van der Waals surface area contributed by atoms with Gasteiger partial charge >= 0.3 is 5.97 Å². The first kappa shape index (κ1) is 21.2. The Morgan fingerprint density at radius 1 is 0.933 bits per heavy atom. The molecule has 0 spiro atoms. The van der Waals surface area contributed by atoms with Gasteiger partial charge in [0.2, 0.25) is 0 Å². The Morgan fingerprint density at radius 3 is 2.33 bits per heavy atom. The van der Waals surface area contributed by atoms with Crippen LogP contribution in [0.25, 0.3) is 0 Å². The first-order valence-corrected chi connectivity index (χ1v) is 9.85. The summed E-state index contributed by atoms with van der Waals surface area (Å²) >= 11 is 0. The summed E-state index contributed by atoms with van der Waals surface area (Å²) in [6.07, 6.45) is 3.66. The molecule has 1 fully saturated rings. The number of nitrogens with zero attached hydrogens (tertiary/aromatic N) is 1. The quantitative estimate of drug-likeness (QED) is 0.645. The lowest BCUT2D eigenvalue weighted by Crippen LogP contribution is -2.29. The molecule has 8 nitrogen and oxygen atoms in total. The average Bonchev–Trinajstić information content (AvgIpc) is 2.77. The molecule has 0 atom stereocenters. The summed E-state index contributed by atoms with van der Waals surface area (Å²) < 4.78 is 10.2. The number of amides is 2. The zero-order valence-electron chi connectivity index (χ0n) is 16.6. The highest BCUT2D eigenvalue weighted by atomic mass is 16.6. The predicted octanol–water partition coefficient (Wildman–Crippen LogP) is 2.34. The summed E-state index contributed by atoms with van der Waals surface area (Å²) in [6.45, 7) is 1.22. The molecule has 8 heteroatoms. The van der Waals surface area contributed by atoms with Gasteiger partial charge in [-0.3, -0.25) is 9.59 Å².